The summed E-state index contributed by atoms with van der Waals surface area (Å²) in [5.41, 5.74) is 0.619. The summed E-state index contributed by atoms with van der Waals surface area (Å²) in [6.45, 7) is 2.75. The van der Waals surface area contributed by atoms with E-state index in [1.807, 2.05) is 13.0 Å². The predicted octanol–water partition coefficient (Wildman–Crippen LogP) is 4.12. The Labute approximate surface area is 135 Å². The molecule has 1 aliphatic rings. The van der Waals surface area contributed by atoms with Gasteiger partial charge in [-0.25, -0.2) is 4.98 Å². The molecule has 21 heavy (non-hydrogen) atoms. The van der Waals surface area contributed by atoms with Crippen LogP contribution in [0.15, 0.2) is 16.7 Å². The van der Waals surface area contributed by atoms with Crippen molar-refractivity contribution in [3.63, 3.8) is 0 Å². The Morgan fingerprint density at radius 2 is 1.95 bits per heavy atom. The lowest BCUT2D eigenvalue weighted by Crippen LogP contribution is -2.35. The molecule has 0 spiro atoms. The standard InChI is InChI=1S/C16H24BrN3O/c1-2-18-15-14(10-12(17)11-19-15)16(21)20-13-8-6-4-3-5-7-9-13/h10-11,13H,2-9H2,1H3,(H,18,19)(H,20,21). The molecule has 0 aromatic carbocycles. The fraction of sp³-hybridized carbons (Fsp3) is 0.625. The minimum atomic E-state index is -0.0228. The molecular formula is C16H24BrN3O. The van der Waals surface area contributed by atoms with Crippen molar-refractivity contribution in [2.24, 2.45) is 0 Å². The van der Waals surface area contributed by atoms with E-state index >= 15 is 0 Å². The first kappa shape index (κ1) is 16.3. The summed E-state index contributed by atoms with van der Waals surface area (Å²) in [6, 6.07) is 2.13. The molecule has 2 rings (SSSR count). The number of aromatic nitrogens is 1. The number of carbonyl (C=O) groups is 1. The Morgan fingerprint density at radius 1 is 1.29 bits per heavy atom. The number of rotatable bonds is 4. The third kappa shape index (κ3) is 4.99. The van der Waals surface area contributed by atoms with Crippen molar-refractivity contribution in [3.05, 3.63) is 22.3 Å². The third-order valence-electron chi connectivity index (χ3n) is 3.88. The van der Waals surface area contributed by atoms with Crippen LogP contribution in [0.3, 0.4) is 0 Å². The van der Waals surface area contributed by atoms with Gasteiger partial charge >= 0.3 is 0 Å². The number of halogens is 1. The molecule has 1 amide bonds. The number of carbonyl (C=O) groups excluding carboxylic acids is 1. The normalized spacial score (nSPS) is 16.9. The highest BCUT2D eigenvalue weighted by Gasteiger charge is 2.18. The van der Waals surface area contributed by atoms with Crippen molar-refractivity contribution in [2.45, 2.75) is 57.9 Å². The number of hydrogen-bond donors (Lipinski definition) is 2. The summed E-state index contributed by atoms with van der Waals surface area (Å²) >= 11 is 3.39. The molecule has 0 bridgehead atoms. The zero-order chi connectivity index (χ0) is 15.1. The molecule has 0 aliphatic heterocycles. The Kier molecular flexibility index (Phi) is 6.49. The fourth-order valence-corrected chi connectivity index (χ4v) is 3.12. The van der Waals surface area contributed by atoms with Crippen molar-refractivity contribution in [1.29, 1.82) is 0 Å². The van der Waals surface area contributed by atoms with Gasteiger partial charge in [-0.1, -0.05) is 32.1 Å². The SMILES string of the molecule is CCNc1ncc(Br)cc1C(=O)NC1CCCCCCC1. The molecule has 1 saturated carbocycles. The van der Waals surface area contributed by atoms with Crippen LogP contribution < -0.4 is 10.6 Å². The van der Waals surface area contributed by atoms with Crippen LogP contribution >= 0.6 is 15.9 Å². The largest absolute Gasteiger partial charge is 0.370 e. The first-order valence-corrected chi connectivity index (χ1v) is 8.70. The third-order valence-corrected chi connectivity index (χ3v) is 4.32. The van der Waals surface area contributed by atoms with Crippen molar-refractivity contribution in [3.8, 4) is 0 Å². The van der Waals surface area contributed by atoms with Crippen molar-refractivity contribution < 1.29 is 4.79 Å². The van der Waals surface area contributed by atoms with Gasteiger partial charge in [0, 0.05) is 23.3 Å². The molecule has 0 radical (unpaired) electrons. The van der Waals surface area contributed by atoms with E-state index in [9.17, 15) is 4.79 Å². The van der Waals surface area contributed by atoms with E-state index in [4.69, 9.17) is 0 Å². The maximum Gasteiger partial charge on any atom is 0.255 e. The monoisotopic (exact) mass is 353 g/mol. The highest BCUT2D eigenvalue weighted by atomic mass is 79.9. The topological polar surface area (TPSA) is 54.0 Å². The Hall–Kier alpha value is -1.10. The van der Waals surface area contributed by atoms with E-state index in [2.05, 4.69) is 31.5 Å². The smallest absolute Gasteiger partial charge is 0.255 e. The summed E-state index contributed by atoms with van der Waals surface area (Å²) in [6.07, 6.45) is 10.2. The molecule has 2 N–H and O–H groups in total. The van der Waals surface area contributed by atoms with Gasteiger partial charge in [0.05, 0.1) is 5.56 Å². The van der Waals surface area contributed by atoms with Crippen LogP contribution in [0, 0.1) is 0 Å². The Bertz CT molecular complexity index is 471. The van der Waals surface area contributed by atoms with Gasteiger partial charge in [0.1, 0.15) is 5.82 Å². The van der Waals surface area contributed by atoms with Crippen LogP contribution in [0.1, 0.15) is 62.2 Å². The van der Waals surface area contributed by atoms with Gasteiger partial charge in [0.15, 0.2) is 0 Å². The molecule has 5 heteroatoms. The minimum absolute atomic E-state index is 0.0228. The van der Waals surface area contributed by atoms with Gasteiger partial charge in [0.25, 0.3) is 5.91 Å². The van der Waals surface area contributed by atoms with Gasteiger partial charge in [-0.3, -0.25) is 4.79 Å². The molecule has 1 aromatic heterocycles. The average Bonchev–Trinajstić information content (AvgIpc) is 2.43. The number of pyridine rings is 1. The van der Waals surface area contributed by atoms with E-state index in [0.29, 0.717) is 17.4 Å². The van der Waals surface area contributed by atoms with Crippen LogP contribution in [-0.2, 0) is 0 Å². The van der Waals surface area contributed by atoms with Crippen LogP contribution in [0.5, 0.6) is 0 Å². The lowest BCUT2D eigenvalue weighted by Gasteiger charge is -2.21. The van der Waals surface area contributed by atoms with Crippen molar-refractivity contribution >= 4 is 27.7 Å². The van der Waals surface area contributed by atoms with Crippen LogP contribution in [-0.4, -0.2) is 23.5 Å². The average molecular weight is 354 g/mol. The molecule has 0 unspecified atom stereocenters. The van der Waals surface area contributed by atoms with E-state index in [1.54, 1.807) is 6.20 Å². The van der Waals surface area contributed by atoms with Crippen LogP contribution in [0.25, 0.3) is 0 Å². The lowest BCUT2D eigenvalue weighted by atomic mass is 9.96. The zero-order valence-electron chi connectivity index (χ0n) is 12.6. The number of amides is 1. The molecule has 0 atom stereocenters. The molecule has 1 aliphatic carbocycles. The number of nitrogens with zero attached hydrogens (tertiary/aromatic N) is 1. The Morgan fingerprint density at radius 3 is 2.62 bits per heavy atom. The van der Waals surface area contributed by atoms with Crippen LogP contribution in [0.4, 0.5) is 5.82 Å². The van der Waals surface area contributed by atoms with Crippen molar-refractivity contribution in [1.82, 2.24) is 10.3 Å². The Balaban J connectivity index is 2.06. The predicted molar refractivity (Wildman–Crippen MR) is 89.7 cm³/mol. The lowest BCUT2D eigenvalue weighted by molar-refractivity contribution is 0.0931. The van der Waals surface area contributed by atoms with Gasteiger partial charge in [-0.05, 0) is 41.8 Å². The van der Waals surface area contributed by atoms with Gasteiger partial charge in [-0.15, -0.1) is 0 Å². The maximum absolute atomic E-state index is 12.5. The number of hydrogen-bond acceptors (Lipinski definition) is 3. The summed E-state index contributed by atoms with van der Waals surface area (Å²) < 4.78 is 0.826. The number of anilines is 1. The molecule has 116 valence electrons. The van der Waals surface area contributed by atoms with E-state index in [-0.39, 0.29) is 5.91 Å². The summed E-state index contributed by atoms with van der Waals surface area (Å²) in [5, 5.41) is 6.34. The number of nitrogens with one attached hydrogen (secondary N) is 2. The summed E-state index contributed by atoms with van der Waals surface area (Å²) in [5.74, 6) is 0.634. The minimum Gasteiger partial charge on any atom is -0.370 e. The summed E-state index contributed by atoms with van der Waals surface area (Å²) in [4.78, 5) is 16.8. The second-order valence-corrected chi connectivity index (χ2v) is 6.51. The van der Waals surface area contributed by atoms with E-state index in [0.717, 1.165) is 23.9 Å². The molecule has 1 aromatic rings. The molecule has 1 heterocycles. The van der Waals surface area contributed by atoms with Gasteiger partial charge < -0.3 is 10.6 Å². The van der Waals surface area contributed by atoms with Gasteiger partial charge in [-0.2, -0.15) is 0 Å². The quantitative estimate of drug-likeness (QED) is 0.855. The highest BCUT2D eigenvalue weighted by molar-refractivity contribution is 9.10. The van der Waals surface area contributed by atoms with E-state index in [1.165, 1.54) is 32.1 Å². The zero-order valence-corrected chi connectivity index (χ0v) is 14.2. The second kappa shape index (κ2) is 8.37. The molecular weight excluding hydrogens is 330 g/mol. The first-order chi connectivity index (χ1) is 10.2. The molecule has 1 fully saturated rings. The maximum atomic E-state index is 12.5. The fourth-order valence-electron chi connectivity index (χ4n) is 2.78. The second-order valence-electron chi connectivity index (χ2n) is 5.60. The van der Waals surface area contributed by atoms with Crippen LogP contribution in [0.2, 0.25) is 0 Å². The van der Waals surface area contributed by atoms with E-state index < -0.39 is 0 Å². The van der Waals surface area contributed by atoms with Gasteiger partial charge in [0.2, 0.25) is 0 Å². The molecule has 4 nitrogen and oxygen atoms in total. The van der Waals surface area contributed by atoms with Crippen molar-refractivity contribution in [2.75, 3.05) is 11.9 Å². The highest BCUT2D eigenvalue weighted by Crippen LogP contribution is 2.20. The first-order valence-electron chi connectivity index (χ1n) is 7.91. The molecule has 0 saturated heterocycles. The summed E-state index contributed by atoms with van der Waals surface area (Å²) in [7, 11) is 0.